The SMILES string of the molecule is O=S(=O)(c1c[nH]c(CNC2CC2)c1)N1CCOCC1. The van der Waals surface area contributed by atoms with E-state index >= 15 is 0 Å². The van der Waals surface area contributed by atoms with Crippen LogP contribution in [-0.2, 0) is 21.3 Å². The Morgan fingerprint density at radius 1 is 1.37 bits per heavy atom. The molecule has 2 fully saturated rings. The van der Waals surface area contributed by atoms with Crippen LogP contribution in [0.15, 0.2) is 17.2 Å². The number of aromatic amines is 1. The number of rotatable bonds is 5. The molecule has 6 nitrogen and oxygen atoms in total. The molecule has 0 amide bonds. The molecule has 1 saturated carbocycles. The van der Waals surface area contributed by atoms with E-state index in [4.69, 9.17) is 4.74 Å². The fraction of sp³-hybridized carbons (Fsp3) is 0.667. The van der Waals surface area contributed by atoms with Gasteiger partial charge >= 0.3 is 0 Å². The lowest BCUT2D eigenvalue weighted by molar-refractivity contribution is 0.0730. The van der Waals surface area contributed by atoms with Crippen molar-refractivity contribution in [3.05, 3.63) is 18.0 Å². The lowest BCUT2D eigenvalue weighted by atomic mass is 10.4. The van der Waals surface area contributed by atoms with Gasteiger partial charge in [0.1, 0.15) is 0 Å². The molecular formula is C12H19N3O3S. The van der Waals surface area contributed by atoms with Crippen LogP contribution in [0.1, 0.15) is 18.5 Å². The Labute approximate surface area is 113 Å². The summed E-state index contributed by atoms with van der Waals surface area (Å²) in [6, 6.07) is 2.34. The molecule has 0 unspecified atom stereocenters. The molecule has 0 aromatic carbocycles. The van der Waals surface area contributed by atoms with Crippen LogP contribution in [0, 0.1) is 0 Å². The van der Waals surface area contributed by atoms with Crippen LogP contribution in [0.5, 0.6) is 0 Å². The van der Waals surface area contributed by atoms with E-state index in [1.165, 1.54) is 17.1 Å². The number of H-pyrrole nitrogens is 1. The summed E-state index contributed by atoms with van der Waals surface area (Å²) in [5.74, 6) is 0. The van der Waals surface area contributed by atoms with E-state index in [1.807, 2.05) is 0 Å². The molecule has 0 bridgehead atoms. The molecule has 1 aromatic heterocycles. The summed E-state index contributed by atoms with van der Waals surface area (Å²) in [5, 5.41) is 3.36. The van der Waals surface area contributed by atoms with Crippen molar-refractivity contribution >= 4 is 10.0 Å². The minimum absolute atomic E-state index is 0.349. The third-order valence-electron chi connectivity index (χ3n) is 3.48. The standard InChI is InChI=1S/C12H19N3O3S/c16-19(17,15-3-5-18-6-4-15)12-7-11(14-9-12)8-13-10-1-2-10/h7,9-10,13-14H,1-6,8H2. The first-order chi connectivity index (χ1) is 9.16. The highest BCUT2D eigenvalue weighted by Gasteiger charge is 2.27. The normalized spacial score (nSPS) is 21.7. The molecular weight excluding hydrogens is 266 g/mol. The summed E-state index contributed by atoms with van der Waals surface area (Å²) in [7, 11) is -3.37. The third kappa shape index (κ3) is 3.00. The molecule has 2 heterocycles. The molecule has 0 atom stereocenters. The molecule has 19 heavy (non-hydrogen) atoms. The van der Waals surface area contributed by atoms with Crippen molar-refractivity contribution in [3.8, 4) is 0 Å². The van der Waals surface area contributed by atoms with Gasteiger partial charge in [-0.1, -0.05) is 0 Å². The summed E-state index contributed by atoms with van der Waals surface area (Å²) < 4.78 is 31.4. The highest BCUT2D eigenvalue weighted by Crippen LogP contribution is 2.21. The van der Waals surface area contributed by atoms with Gasteiger partial charge in [0.2, 0.25) is 10.0 Å². The maximum absolute atomic E-state index is 12.4. The van der Waals surface area contributed by atoms with Crippen molar-refractivity contribution in [2.75, 3.05) is 26.3 Å². The molecule has 106 valence electrons. The van der Waals surface area contributed by atoms with Gasteiger partial charge in [-0.15, -0.1) is 0 Å². The van der Waals surface area contributed by atoms with Crippen LogP contribution >= 0.6 is 0 Å². The van der Waals surface area contributed by atoms with Gasteiger partial charge in [0, 0.05) is 37.6 Å². The van der Waals surface area contributed by atoms with Gasteiger partial charge in [0.25, 0.3) is 0 Å². The Morgan fingerprint density at radius 3 is 2.79 bits per heavy atom. The predicted molar refractivity (Wildman–Crippen MR) is 70.2 cm³/mol. The number of morpholine rings is 1. The molecule has 2 aliphatic rings. The molecule has 1 aliphatic carbocycles. The molecule has 1 aliphatic heterocycles. The first kappa shape index (κ1) is 13.1. The molecule has 1 saturated heterocycles. The number of hydrogen-bond donors (Lipinski definition) is 2. The second kappa shape index (κ2) is 5.24. The zero-order valence-corrected chi connectivity index (χ0v) is 11.6. The summed E-state index contributed by atoms with van der Waals surface area (Å²) in [6.45, 7) is 2.51. The highest BCUT2D eigenvalue weighted by molar-refractivity contribution is 7.89. The largest absolute Gasteiger partial charge is 0.379 e. The molecule has 3 rings (SSSR count). The lowest BCUT2D eigenvalue weighted by Crippen LogP contribution is -2.40. The van der Waals surface area contributed by atoms with Crippen molar-refractivity contribution in [2.24, 2.45) is 0 Å². The predicted octanol–water partition coefficient (Wildman–Crippen LogP) is 0.288. The van der Waals surface area contributed by atoms with Crippen LogP contribution in [0.3, 0.4) is 0 Å². The van der Waals surface area contributed by atoms with E-state index in [0.29, 0.717) is 43.8 Å². The van der Waals surface area contributed by atoms with Crippen LogP contribution in [0.2, 0.25) is 0 Å². The molecule has 2 N–H and O–H groups in total. The van der Waals surface area contributed by atoms with Gasteiger partial charge < -0.3 is 15.0 Å². The van der Waals surface area contributed by atoms with Crippen molar-refractivity contribution < 1.29 is 13.2 Å². The van der Waals surface area contributed by atoms with E-state index in [1.54, 1.807) is 12.3 Å². The van der Waals surface area contributed by atoms with E-state index in [2.05, 4.69) is 10.3 Å². The van der Waals surface area contributed by atoms with Gasteiger partial charge in [-0.3, -0.25) is 0 Å². The average molecular weight is 285 g/mol. The average Bonchev–Trinajstić information content (AvgIpc) is 3.13. The summed E-state index contributed by atoms with van der Waals surface area (Å²) >= 11 is 0. The van der Waals surface area contributed by atoms with Gasteiger partial charge in [-0.05, 0) is 18.9 Å². The molecule has 7 heteroatoms. The first-order valence-corrected chi connectivity index (χ1v) is 8.09. The van der Waals surface area contributed by atoms with Gasteiger partial charge in [-0.2, -0.15) is 4.31 Å². The minimum atomic E-state index is -3.37. The molecule has 0 radical (unpaired) electrons. The first-order valence-electron chi connectivity index (χ1n) is 6.65. The van der Waals surface area contributed by atoms with E-state index < -0.39 is 10.0 Å². The number of nitrogens with zero attached hydrogens (tertiary/aromatic N) is 1. The smallest absolute Gasteiger partial charge is 0.244 e. The second-order valence-electron chi connectivity index (χ2n) is 5.03. The fourth-order valence-corrected chi connectivity index (χ4v) is 3.57. The summed E-state index contributed by atoms with van der Waals surface area (Å²) in [4.78, 5) is 3.38. The Hall–Kier alpha value is -0.890. The Bertz CT molecular complexity index is 530. The molecule has 1 aromatic rings. The number of ether oxygens (including phenoxy) is 1. The van der Waals surface area contributed by atoms with Crippen LogP contribution < -0.4 is 5.32 Å². The van der Waals surface area contributed by atoms with Crippen LogP contribution in [-0.4, -0.2) is 50.1 Å². The number of hydrogen-bond acceptors (Lipinski definition) is 4. The van der Waals surface area contributed by atoms with Gasteiger partial charge in [0.15, 0.2) is 0 Å². The maximum Gasteiger partial charge on any atom is 0.244 e. The maximum atomic E-state index is 12.4. The van der Waals surface area contributed by atoms with E-state index in [-0.39, 0.29) is 0 Å². The fourth-order valence-electron chi connectivity index (χ4n) is 2.15. The van der Waals surface area contributed by atoms with Gasteiger partial charge in [-0.25, -0.2) is 8.42 Å². The summed E-state index contributed by atoms with van der Waals surface area (Å²) in [6.07, 6.45) is 4.02. The van der Waals surface area contributed by atoms with E-state index in [0.717, 1.165) is 5.69 Å². The van der Waals surface area contributed by atoms with Crippen LogP contribution in [0.4, 0.5) is 0 Å². The van der Waals surface area contributed by atoms with Crippen LogP contribution in [0.25, 0.3) is 0 Å². The van der Waals surface area contributed by atoms with Crippen molar-refractivity contribution in [3.63, 3.8) is 0 Å². The topological polar surface area (TPSA) is 74.4 Å². The zero-order chi connectivity index (χ0) is 13.3. The number of sulfonamides is 1. The zero-order valence-electron chi connectivity index (χ0n) is 10.8. The number of aromatic nitrogens is 1. The van der Waals surface area contributed by atoms with Crippen molar-refractivity contribution in [1.29, 1.82) is 0 Å². The van der Waals surface area contributed by atoms with E-state index in [9.17, 15) is 8.42 Å². The van der Waals surface area contributed by atoms with Crippen molar-refractivity contribution in [1.82, 2.24) is 14.6 Å². The Kier molecular flexibility index (Phi) is 3.62. The lowest BCUT2D eigenvalue weighted by Gasteiger charge is -2.25. The minimum Gasteiger partial charge on any atom is -0.379 e. The van der Waals surface area contributed by atoms with Gasteiger partial charge in [0.05, 0.1) is 18.1 Å². The molecule has 0 spiro atoms. The van der Waals surface area contributed by atoms with Crippen molar-refractivity contribution in [2.45, 2.75) is 30.3 Å². The highest BCUT2D eigenvalue weighted by atomic mass is 32.2. The summed E-state index contributed by atoms with van der Waals surface area (Å²) in [5.41, 5.74) is 0.915. The quantitative estimate of drug-likeness (QED) is 0.815. The third-order valence-corrected chi connectivity index (χ3v) is 5.36. The second-order valence-corrected chi connectivity index (χ2v) is 6.97. The monoisotopic (exact) mass is 285 g/mol. The Morgan fingerprint density at radius 2 is 2.11 bits per heavy atom. The Balaban J connectivity index is 1.69. The number of nitrogens with one attached hydrogen (secondary N) is 2.